The van der Waals surface area contributed by atoms with E-state index in [2.05, 4.69) is 16.3 Å². The molecule has 6 aromatic rings. The number of ketones is 2. The Morgan fingerprint density at radius 2 is 1.29 bits per heavy atom. The van der Waals surface area contributed by atoms with Gasteiger partial charge in [-0.1, -0.05) is 96.6 Å². The Morgan fingerprint density at radius 3 is 1.93 bits per heavy atom. The van der Waals surface area contributed by atoms with Crippen LogP contribution in [0.1, 0.15) is 43.2 Å². The lowest BCUT2D eigenvalue weighted by Crippen LogP contribution is -2.12. The molecular formula is C34H23N5O2. The van der Waals surface area contributed by atoms with E-state index in [0.717, 1.165) is 11.1 Å². The molecule has 0 spiro atoms. The fourth-order valence-electron chi connectivity index (χ4n) is 4.69. The maximum absolute atomic E-state index is 14.3. The Morgan fingerprint density at radius 1 is 0.683 bits per heavy atom. The number of carbonyl (C=O) groups excluding carboxylic acids is 2. The van der Waals surface area contributed by atoms with Gasteiger partial charge in [-0.15, -0.1) is 0 Å². The highest BCUT2D eigenvalue weighted by atomic mass is 16.1. The number of nitriles is 1. The summed E-state index contributed by atoms with van der Waals surface area (Å²) in [5.41, 5.74) is 4.18. The summed E-state index contributed by atoms with van der Waals surface area (Å²) in [4.78, 5) is 27.9. The molecule has 0 radical (unpaired) electrons. The summed E-state index contributed by atoms with van der Waals surface area (Å²) in [6.07, 6.45) is 1.54. The summed E-state index contributed by atoms with van der Waals surface area (Å²) < 4.78 is 3.12. The molecule has 41 heavy (non-hydrogen) atoms. The largest absolute Gasteiger partial charge is 0.287 e. The van der Waals surface area contributed by atoms with E-state index >= 15 is 0 Å². The van der Waals surface area contributed by atoms with Crippen molar-refractivity contribution in [2.45, 2.75) is 6.92 Å². The van der Waals surface area contributed by atoms with Crippen molar-refractivity contribution < 1.29 is 9.59 Å². The molecule has 7 heteroatoms. The zero-order valence-corrected chi connectivity index (χ0v) is 22.1. The van der Waals surface area contributed by atoms with E-state index in [4.69, 9.17) is 0 Å². The third-order valence-corrected chi connectivity index (χ3v) is 6.77. The van der Waals surface area contributed by atoms with Gasteiger partial charge in [0, 0.05) is 17.3 Å². The maximum Gasteiger partial charge on any atom is 0.218 e. The van der Waals surface area contributed by atoms with Crippen molar-refractivity contribution in [2.75, 3.05) is 0 Å². The number of hydrogen-bond donors (Lipinski definition) is 0. The van der Waals surface area contributed by atoms with Crippen molar-refractivity contribution in [1.29, 1.82) is 5.26 Å². The fraction of sp³-hybridized carbons (Fsp3) is 0.0294. The predicted molar refractivity (Wildman–Crippen MR) is 155 cm³/mol. The summed E-state index contributed by atoms with van der Waals surface area (Å²) in [6, 6.07) is 37.2. The van der Waals surface area contributed by atoms with Crippen LogP contribution in [0.2, 0.25) is 0 Å². The molecule has 0 N–H and O–H groups in total. The molecule has 0 atom stereocenters. The highest BCUT2D eigenvalue weighted by Gasteiger charge is 2.31. The summed E-state index contributed by atoms with van der Waals surface area (Å²) in [5, 5.41) is 19.6. The second kappa shape index (κ2) is 10.7. The minimum Gasteiger partial charge on any atom is -0.287 e. The highest BCUT2D eigenvalue weighted by molar-refractivity contribution is 6.19. The van der Waals surface area contributed by atoms with Crippen LogP contribution >= 0.6 is 0 Å². The number of carbonyl (C=O) groups is 2. The Kier molecular flexibility index (Phi) is 6.64. The van der Waals surface area contributed by atoms with E-state index in [9.17, 15) is 14.9 Å². The van der Waals surface area contributed by atoms with Gasteiger partial charge >= 0.3 is 0 Å². The number of para-hydroxylation sites is 1. The molecule has 0 saturated carbocycles. The summed E-state index contributed by atoms with van der Waals surface area (Å²) in [5.74, 6) is -0.963. The van der Waals surface area contributed by atoms with E-state index in [1.54, 1.807) is 28.9 Å². The van der Waals surface area contributed by atoms with Gasteiger partial charge < -0.3 is 0 Å². The van der Waals surface area contributed by atoms with Crippen molar-refractivity contribution in [3.8, 4) is 28.7 Å². The number of aromatic nitrogens is 4. The first-order valence-electron chi connectivity index (χ1n) is 13.0. The van der Waals surface area contributed by atoms with Crippen LogP contribution < -0.4 is 0 Å². The summed E-state index contributed by atoms with van der Waals surface area (Å²) in [6.45, 7) is 1.98. The molecule has 0 saturated heterocycles. The molecule has 0 aliphatic heterocycles. The minimum absolute atomic E-state index is 0.0128. The molecule has 196 valence electrons. The predicted octanol–water partition coefficient (Wildman–Crippen LogP) is 6.37. The first-order chi connectivity index (χ1) is 20.0. The van der Waals surface area contributed by atoms with Gasteiger partial charge in [0.1, 0.15) is 17.3 Å². The van der Waals surface area contributed by atoms with Crippen LogP contribution in [0.4, 0.5) is 0 Å². The minimum atomic E-state index is -0.564. The van der Waals surface area contributed by atoms with Crippen molar-refractivity contribution >= 4 is 11.6 Å². The van der Waals surface area contributed by atoms with Crippen LogP contribution in [0, 0.1) is 18.3 Å². The highest BCUT2D eigenvalue weighted by Crippen LogP contribution is 2.31. The van der Waals surface area contributed by atoms with Crippen LogP contribution in [0.25, 0.3) is 22.6 Å². The van der Waals surface area contributed by atoms with Crippen molar-refractivity contribution in [3.05, 3.63) is 155 Å². The van der Waals surface area contributed by atoms with E-state index < -0.39 is 11.6 Å². The van der Waals surface area contributed by atoms with Crippen LogP contribution in [0.5, 0.6) is 0 Å². The molecular weight excluding hydrogens is 510 g/mol. The Labute approximate surface area is 236 Å². The zero-order chi connectivity index (χ0) is 28.3. The quantitative estimate of drug-likeness (QED) is 0.222. The lowest BCUT2D eigenvalue weighted by atomic mass is 9.99. The van der Waals surface area contributed by atoms with E-state index in [-0.39, 0.29) is 22.5 Å². The molecule has 2 heterocycles. The molecule has 2 aromatic heterocycles. The van der Waals surface area contributed by atoms with Crippen molar-refractivity contribution in [2.24, 2.45) is 0 Å². The first-order valence-corrected chi connectivity index (χ1v) is 13.0. The van der Waals surface area contributed by atoms with Gasteiger partial charge in [0.2, 0.25) is 11.6 Å². The van der Waals surface area contributed by atoms with E-state index in [1.165, 1.54) is 10.9 Å². The SMILES string of the molecule is Cc1ccc(-n2cc(C(=O)c3nn(-c4ccccc4)c(-c4ccccc4)c3C#N)c(C(=O)c3ccccc3)n2)cc1. The first kappa shape index (κ1) is 25.4. The standard InChI is InChI=1S/C34H23N5O2/c1-23-17-19-26(20-18-23)38-22-29(31(36-38)33(40)25-13-7-3-8-14-25)34(41)30-28(21-35)32(24-11-5-2-6-12-24)39(37-30)27-15-9-4-10-16-27/h2-20,22H,1H3. The van der Waals surface area contributed by atoms with Crippen LogP contribution in [0.3, 0.4) is 0 Å². The normalized spacial score (nSPS) is 10.7. The Hall–Kier alpha value is -5.87. The third kappa shape index (κ3) is 4.75. The Balaban J connectivity index is 1.56. The monoisotopic (exact) mass is 533 g/mol. The van der Waals surface area contributed by atoms with Gasteiger partial charge in [0.05, 0.1) is 22.6 Å². The lowest BCUT2D eigenvalue weighted by Gasteiger charge is -2.07. The molecule has 0 unspecified atom stereocenters. The van der Waals surface area contributed by atoms with Crippen LogP contribution in [-0.4, -0.2) is 31.1 Å². The molecule has 0 amide bonds. The smallest absolute Gasteiger partial charge is 0.218 e. The van der Waals surface area contributed by atoms with Crippen LogP contribution in [-0.2, 0) is 0 Å². The molecule has 6 rings (SSSR count). The second-order valence-electron chi connectivity index (χ2n) is 9.49. The number of aryl methyl sites for hydroxylation is 1. The van der Waals surface area contributed by atoms with E-state index in [0.29, 0.717) is 22.6 Å². The molecule has 4 aromatic carbocycles. The molecule has 7 nitrogen and oxygen atoms in total. The Bertz CT molecular complexity index is 1920. The molecule has 0 aliphatic rings. The van der Waals surface area contributed by atoms with Gasteiger partial charge in [0.15, 0.2) is 5.69 Å². The third-order valence-electron chi connectivity index (χ3n) is 6.77. The van der Waals surface area contributed by atoms with Gasteiger partial charge in [0.25, 0.3) is 0 Å². The topological polar surface area (TPSA) is 93.6 Å². The van der Waals surface area contributed by atoms with Gasteiger partial charge in [-0.2, -0.15) is 15.5 Å². The number of benzene rings is 4. The summed E-state index contributed by atoms with van der Waals surface area (Å²) >= 11 is 0. The van der Waals surface area contributed by atoms with Gasteiger partial charge in [-0.3, -0.25) is 9.59 Å². The van der Waals surface area contributed by atoms with Crippen LogP contribution in [0.15, 0.2) is 121 Å². The summed E-state index contributed by atoms with van der Waals surface area (Å²) in [7, 11) is 0. The van der Waals surface area contributed by atoms with Crippen molar-refractivity contribution in [3.63, 3.8) is 0 Å². The lowest BCUT2D eigenvalue weighted by molar-refractivity contribution is 0.0998. The second-order valence-corrected chi connectivity index (χ2v) is 9.49. The molecule has 0 bridgehead atoms. The number of hydrogen-bond acceptors (Lipinski definition) is 5. The van der Waals surface area contributed by atoms with E-state index in [1.807, 2.05) is 97.9 Å². The number of rotatable bonds is 7. The zero-order valence-electron chi connectivity index (χ0n) is 22.1. The number of nitrogens with zero attached hydrogens (tertiary/aromatic N) is 5. The molecule has 0 fully saturated rings. The van der Waals surface area contributed by atoms with Crippen molar-refractivity contribution in [1.82, 2.24) is 19.6 Å². The molecule has 0 aliphatic carbocycles. The average molecular weight is 534 g/mol. The average Bonchev–Trinajstić information content (AvgIpc) is 3.65. The van der Waals surface area contributed by atoms with Gasteiger partial charge in [-0.05, 0) is 31.2 Å². The van der Waals surface area contributed by atoms with Gasteiger partial charge in [-0.25, -0.2) is 9.36 Å². The fourth-order valence-corrected chi connectivity index (χ4v) is 4.69. The maximum atomic E-state index is 14.3.